The molecule has 1 fully saturated rings. The summed E-state index contributed by atoms with van der Waals surface area (Å²) in [5, 5.41) is 17.5. The van der Waals surface area contributed by atoms with Gasteiger partial charge >= 0.3 is 11.9 Å². The van der Waals surface area contributed by atoms with Crippen molar-refractivity contribution in [3.8, 4) is 0 Å². The summed E-state index contributed by atoms with van der Waals surface area (Å²) in [7, 11) is 0. The van der Waals surface area contributed by atoms with E-state index in [1.165, 1.54) is 0 Å². The second-order valence-electron chi connectivity index (χ2n) is 3.23. The zero-order valence-electron chi connectivity index (χ0n) is 7.36. The topological polar surface area (TPSA) is 74.6 Å². The second-order valence-corrected chi connectivity index (χ2v) is 3.23. The number of carboxylic acids is 2. The van der Waals surface area contributed by atoms with Gasteiger partial charge in [-0.05, 0) is 19.8 Å². The normalized spacial score (nSPS) is 30.7. The summed E-state index contributed by atoms with van der Waals surface area (Å²) in [5.41, 5.74) is 0.736. The van der Waals surface area contributed by atoms with Gasteiger partial charge in [-0.1, -0.05) is 11.6 Å². The van der Waals surface area contributed by atoms with Crippen molar-refractivity contribution in [3.05, 3.63) is 11.6 Å². The molecule has 72 valence electrons. The summed E-state index contributed by atoms with van der Waals surface area (Å²) in [6, 6.07) is 0. The molecule has 0 amide bonds. The molecule has 0 heterocycles. The summed E-state index contributed by atoms with van der Waals surface area (Å²) in [4.78, 5) is 21.3. The van der Waals surface area contributed by atoms with Gasteiger partial charge in [0.25, 0.3) is 0 Å². The molecule has 1 saturated carbocycles. The van der Waals surface area contributed by atoms with Crippen molar-refractivity contribution in [2.45, 2.75) is 19.8 Å². The van der Waals surface area contributed by atoms with Crippen LogP contribution in [0.4, 0.5) is 0 Å². The first-order chi connectivity index (χ1) is 6.06. The van der Waals surface area contributed by atoms with Crippen LogP contribution in [0.15, 0.2) is 11.6 Å². The van der Waals surface area contributed by atoms with Crippen LogP contribution in [0.3, 0.4) is 0 Å². The molecule has 0 aromatic carbocycles. The molecule has 0 spiro atoms. The van der Waals surface area contributed by atoms with Gasteiger partial charge in [0.2, 0.25) is 0 Å². The third-order valence-electron chi connectivity index (χ3n) is 2.47. The molecule has 2 atom stereocenters. The van der Waals surface area contributed by atoms with Gasteiger partial charge in [0.15, 0.2) is 0 Å². The first-order valence-corrected chi connectivity index (χ1v) is 4.17. The average Bonchev–Trinajstić information content (AvgIpc) is 2.47. The summed E-state index contributed by atoms with van der Waals surface area (Å²) < 4.78 is 0. The van der Waals surface area contributed by atoms with Crippen LogP contribution in [0.1, 0.15) is 19.8 Å². The van der Waals surface area contributed by atoms with E-state index in [1.807, 2.05) is 0 Å². The Morgan fingerprint density at radius 1 is 1.38 bits per heavy atom. The largest absolute Gasteiger partial charge is 0.481 e. The van der Waals surface area contributed by atoms with Crippen molar-refractivity contribution in [1.82, 2.24) is 0 Å². The van der Waals surface area contributed by atoms with Crippen LogP contribution in [0.5, 0.6) is 0 Å². The summed E-state index contributed by atoms with van der Waals surface area (Å²) in [6.45, 7) is 1.75. The van der Waals surface area contributed by atoms with Crippen molar-refractivity contribution in [2.75, 3.05) is 0 Å². The molecule has 1 rings (SSSR count). The number of carbonyl (C=O) groups is 2. The molecule has 1 aliphatic carbocycles. The highest BCUT2D eigenvalue weighted by Crippen LogP contribution is 2.36. The van der Waals surface area contributed by atoms with Gasteiger partial charge in [-0.25, -0.2) is 0 Å². The zero-order valence-corrected chi connectivity index (χ0v) is 7.36. The monoisotopic (exact) mass is 184 g/mol. The lowest BCUT2D eigenvalue weighted by Gasteiger charge is -2.03. The van der Waals surface area contributed by atoms with Gasteiger partial charge in [0.1, 0.15) is 0 Å². The van der Waals surface area contributed by atoms with Gasteiger partial charge < -0.3 is 10.2 Å². The van der Waals surface area contributed by atoms with Crippen LogP contribution in [-0.4, -0.2) is 22.2 Å². The van der Waals surface area contributed by atoms with Crippen LogP contribution in [0.2, 0.25) is 0 Å². The lowest BCUT2D eigenvalue weighted by molar-refractivity contribution is -0.142. The molecular weight excluding hydrogens is 172 g/mol. The van der Waals surface area contributed by atoms with E-state index in [9.17, 15) is 9.59 Å². The van der Waals surface area contributed by atoms with E-state index in [-0.39, 0.29) is 6.42 Å². The molecule has 0 aliphatic heterocycles. The second kappa shape index (κ2) is 3.60. The van der Waals surface area contributed by atoms with Gasteiger partial charge in [0, 0.05) is 0 Å². The first-order valence-electron chi connectivity index (χ1n) is 4.17. The number of hydrogen-bond acceptors (Lipinski definition) is 2. The minimum Gasteiger partial charge on any atom is -0.481 e. The standard InChI is InChI=1S/C9H12O4/c1-2-5-3-6(8(10)11)4-7(5)9(12)13/h2,6-7H,3-4H2,1H3,(H,10,11)(H,12,13). The Kier molecular flexibility index (Phi) is 2.70. The molecule has 2 N–H and O–H groups in total. The first kappa shape index (κ1) is 9.77. The maximum absolute atomic E-state index is 10.7. The van der Waals surface area contributed by atoms with E-state index in [2.05, 4.69) is 0 Å². The van der Waals surface area contributed by atoms with Crippen LogP contribution in [0, 0.1) is 11.8 Å². The van der Waals surface area contributed by atoms with E-state index < -0.39 is 23.8 Å². The van der Waals surface area contributed by atoms with Crippen molar-refractivity contribution in [3.63, 3.8) is 0 Å². The fraction of sp³-hybridized carbons (Fsp3) is 0.556. The molecule has 0 radical (unpaired) electrons. The molecule has 0 aromatic heterocycles. The highest BCUT2D eigenvalue weighted by atomic mass is 16.4. The van der Waals surface area contributed by atoms with Crippen LogP contribution >= 0.6 is 0 Å². The quantitative estimate of drug-likeness (QED) is 0.631. The van der Waals surface area contributed by atoms with Gasteiger partial charge in [-0.15, -0.1) is 0 Å². The Bertz CT molecular complexity index is 267. The predicted molar refractivity (Wildman–Crippen MR) is 45.2 cm³/mol. The van der Waals surface area contributed by atoms with Crippen LogP contribution in [0.25, 0.3) is 0 Å². The summed E-state index contributed by atoms with van der Waals surface area (Å²) in [6.07, 6.45) is 2.31. The van der Waals surface area contributed by atoms with Gasteiger partial charge in [0.05, 0.1) is 11.8 Å². The average molecular weight is 184 g/mol. The zero-order chi connectivity index (χ0) is 10.0. The minimum atomic E-state index is -0.920. The third-order valence-corrected chi connectivity index (χ3v) is 2.47. The molecule has 4 heteroatoms. The smallest absolute Gasteiger partial charge is 0.310 e. The Labute approximate surface area is 75.9 Å². The number of rotatable bonds is 2. The molecule has 0 saturated heterocycles. The minimum absolute atomic E-state index is 0.227. The summed E-state index contributed by atoms with van der Waals surface area (Å²) in [5.74, 6) is -2.93. The maximum atomic E-state index is 10.7. The van der Waals surface area contributed by atoms with Crippen molar-refractivity contribution >= 4 is 11.9 Å². The Balaban J connectivity index is 2.79. The van der Waals surface area contributed by atoms with E-state index in [0.717, 1.165) is 5.57 Å². The Morgan fingerprint density at radius 2 is 2.00 bits per heavy atom. The van der Waals surface area contributed by atoms with E-state index in [0.29, 0.717) is 6.42 Å². The van der Waals surface area contributed by atoms with E-state index in [4.69, 9.17) is 10.2 Å². The Morgan fingerprint density at radius 3 is 2.31 bits per heavy atom. The maximum Gasteiger partial charge on any atom is 0.310 e. The number of aliphatic carboxylic acids is 2. The van der Waals surface area contributed by atoms with Gasteiger partial charge in [-0.2, -0.15) is 0 Å². The molecule has 13 heavy (non-hydrogen) atoms. The van der Waals surface area contributed by atoms with E-state index >= 15 is 0 Å². The lowest BCUT2D eigenvalue weighted by atomic mass is 10.0. The highest BCUT2D eigenvalue weighted by molar-refractivity contribution is 5.78. The summed E-state index contributed by atoms with van der Waals surface area (Å²) >= 11 is 0. The number of carboxylic acid groups (broad SMARTS) is 2. The third kappa shape index (κ3) is 1.88. The number of allylic oxidation sites excluding steroid dienone is 1. The fourth-order valence-electron chi connectivity index (χ4n) is 1.71. The van der Waals surface area contributed by atoms with Crippen LogP contribution in [-0.2, 0) is 9.59 Å². The van der Waals surface area contributed by atoms with E-state index in [1.54, 1.807) is 13.0 Å². The van der Waals surface area contributed by atoms with Crippen molar-refractivity contribution in [1.29, 1.82) is 0 Å². The highest BCUT2D eigenvalue weighted by Gasteiger charge is 2.37. The molecular formula is C9H12O4. The predicted octanol–water partition coefficient (Wildman–Crippen LogP) is 1.13. The van der Waals surface area contributed by atoms with Crippen molar-refractivity contribution < 1.29 is 19.8 Å². The molecule has 0 bridgehead atoms. The number of hydrogen-bond donors (Lipinski definition) is 2. The molecule has 0 aromatic rings. The molecule has 2 unspecified atom stereocenters. The van der Waals surface area contributed by atoms with Crippen molar-refractivity contribution in [2.24, 2.45) is 11.8 Å². The van der Waals surface area contributed by atoms with Gasteiger partial charge in [-0.3, -0.25) is 9.59 Å². The van der Waals surface area contributed by atoms with Crippen LogP contribution < -0.4 is 0 Å². The lowest BCUT2D eigenvalue weighted by Crippen LogP contribution is -2.14. The fourth-order valence-corrected chi connectivity index (χ4v) is 1.71. The molecule has 1 aliphatic rings. The Hall–Kier alpha value is -1.32. The molecule has 4 nitrogen and oxygen atoms in total. The SMILES string of the molecule is CC=C1CC(C(=O)O)CC1C(=O)O.